The van der Waals surface area contributed by atoms with Crippen LogP contribution in [0, 0.1) is 11.7 Å². The molecule has 0 bridgehead atoms. The number of carboxylic acid groups (broad SMARTS) is 1. The fourth-order valence-electron chi connectivity index (χ4n) is 0.594. The van der Waals surface area contributed by atoms with Crippen LogP contribution in [0.25, 0.3) is 0 Å². The van der Waals surface area contributed by atoms with Crippen molar-refractivity contribution < 1.29 is 9.90 Å². The minimum atomic E-state index is -1.11. The molecule has 1 aromatic rings. The number of hydrogen-bond donors (Lipinski definition) is 5. The minimum Gasteiger partial charge on any atom is -0.477 e. The van der Waals surface area contributed by atoms with Crippen molar-refractivity contribution in [2.45, 2.75) is 13.8 Å². The number of rotatable bonds is 2. The highest BCUT2D eigenvalue weighted by Crippen LogP contribution is 1.73. The Hall–Kier alpha value is -2.14. The Bertz CT molecular complexity index is 605. The summed E-state index contributed by atoms with van der Waals surface area (Å²) in [6.07, 6.45) is 0. The van der Waals surface area contributed by atoms with Gasteiger partial charge in [0.1, 0.15) is 11.4 Å². The summed E-state index contributed by atoms with van der Waals surface area (Å²) in [4.78, 5) is 23.1. The van der Waals surface area contributed by atoms with Gasteiger partial charge >= 0.3 is 5.97 Å². The minimum absolute atomic E-state index is 0.0550. The second-order valence-electron chi connectivity index (χ2n) is 3.07. The number of aliphatic carboxylic acids is 1. The van der Waals surface area contributed by atoms with E-state index in [9.17, 15) is 9.59 Å². The van der Waals surface area contributed by atoms with Gasteiger partial charge in [-0.25, -0.2) is 4.79 Å². The van der Waals surface area contributed by atoms with Crippen molar-refractivity contribution in [2.75, 3.05) is 0 Å². The third-order valence-electron chi connectivity index (χ3n) is 1.52. The van der Waals surface area contributed by atoms with Crippen LogP contribution in [0.3, 0.4) is 0 Å². The first-order valence-corrected chi connectivity index (χ1v) is 5.54. The van der Waals surface area contributed by atoms with Gasteiger partial charge in [0.15, 0.2) is 9.88 Å². The summed E-state index contributed by atoms with van der Waals surface area (Å²) < 4.78 is 0.255. The summed E-state index contributed by atoms with van der Waals surface area (Å²) >= 11 is 8.95. The zero-order chi connectivity index (χ0) is 15.0. The topological polar surface area (TPSA) is 149 Å². The number of nitrogens with two attached hydrogens (primary N) is 1. The number of thiocarbonyl (C=S) groups is 1. The summed E-state index contributed by atoms with van der Waals surface area (Å²) in [5.41, 5.74) is 7.17. The summed E-state index contributed by atoms with van der Waals surface area (Å²) in [6, 6.07) is 0. The second-order valence-corrected chi connectivity index (χ2v) is 3.92. The van der Waals surface area contributed by atoms with Crippen molar-refractivity contribution in [3.63, 3.8) is 0 Å². The molecule has 9 nitrogen and oxygen atoms in total. The van der Waals surface area contributed by atoms with Gasteiger partial charge < -0.3 is 10.8 Å². The molecule has 0 aromatic carbocycles. The first kappa shape index (κ1) is 16.9. The highest BCUT2D eigenvalue weighted by Gasteiger charge is 1.99. The number of nitrogens with zero attached hydrogens (tertiary/aromatic N) is 2. The molecular weight excluding hydrogens is 292 g/mol. The number of aromatic amines is 2. The SMILES string of the molecule is C/C(=N/NC(N)=S)C(=O)O.Cc1n[nH]c(=S)[nH]c1=O. The van der Waals surface area contributed by atoms with Gasteiger partial charge in [0, 0.05) is 0 Å². The summed E-state index contributed by atoms with van der Waals surface area (Å²) in [7, 11) is 0. The monoisotopic (exact) mass is 304 g/mol. The Morgan fingerprint density at radius 2 is 2.16 bits per heavy atom. The molecule has 104 valence electrons. The maximum Gasteiger partial charge on any atom is 0.351 e. The molecule has 0 atom stereocenters. The lowest BCUT2D eigenvalue weighted by Gasteiger charge is -1.94. The molecule has 0 amide bonds. The molecule has 0 aliphatic carbocycles. The lowest BCUT2D eigenvalue weighted by atomic mass is 10.4. The van der Waals surface area contributed by atoms with Crippen LogP contribution in [0.15, 0.2) is 9.90 Å². The number of nitrogens with one attached hydrogen (secondary N) is 3. The first-order valence-electron chi connectivity index (χ1n) is 4.72. The smallest absolute Gasteiger partial charge is 0.351 e. The van der Waals surface area contributed by atoms with Crippen LogP contribution >= 0.6 is 24.4 Å². The largest absolute Gasteiger partial charge is 0.477 e. The van der Waals surface area contributed by atoms with E-state index in [0.717, 1.165) is 0 Å². The zero-order valence-electron chi connectivity index (χ0n) is 10.1. The van der Waals surface area contributed by atoms with Gasteiger partial charge in [-0.2, -0.15) is 10.2 Å². The van der Waals surface area contributed by atoms with Crippen LogP contribution < -0.4 is 16.7 Å². The van der Waals surface area contributed by atoms with Gasteiger partial charge in [-0.1, -0.05) is 0 Å². The Morgan fingerprint density at radius 1 is 1.58 bits per heavy atom. The Balaban J connectivity index is 0.000000342. The number of aryl methyl sites for hydroxylation is 1. The van der Waals surface area contributed by atoms with E-state index >= 15 is 0 Å². The predicted molar refractivity (Wildman–Crippen MR) is 75.4 cm³/mol. The van der Waals surface area contributed by atoms with Crippen LogP contribution in [0.5, 0.6) is 0 Å². The lowest BCUT2D eigenvalue weighted by Crippen LogP contribution is -2.26. The molecule has 6 N–H and O–H groups in total. The van der Waals surface area contributed by atoms with Gasteiger partial charge in [0.2, 0.25) is 0 Å². The highest BCUT2D eigenvalue weighted by atomic mass is 32.1. The Morgan fingerprint density at radius 3 is 2.53 bits per heavy atom. The van der Waals surface area contributed by atoms with Crippen molar-refractivity contribution in [1.82, 2.24) is 20.6 Å². The third kappa shape index (κ3) is 7.72. The molecule has 1 heterocycles. The summed E-state index contributed by atoms with van der Waals surface area (Å²) in [6.45, 7) is 2.93. The predicted octanol–water partition coefficient (Wildman–Crippen LogP) is -0.584. The van der Waals surface area contributed by atoms with Crippen molar-refractivity contribution >= 4 is 41.2 Å². The molecule has 19 heavy (non-hydrogen) atoms. The molecule has 0 fully saturated rings. The third-order valence-corrected chi connectivity index (χ3v) is 1.81. The number of aromatic nitrogens is 3. The van der Waals surface area contributed by atoms with Crippen molar-refractivity contribution in [2.24, 2.45) is 10.8 Å². The average Bonchev–Trinajstić information content (AvgIpc) is 2.31. The molecule has 0 spiro atoms. The highest BCUT2D eigenvalue weighted by molar-refractivity contribution is 7.80. The molecule has 0 aliphatic heterocycles. The van der Waals surface area contributed by atoms with Crippen LogP contribution in [-0.2, 0) is 4.79 Å². The van der Waals surface area contributed by atoms with E-state index in [0.29, 0.717) is 5.69 Å². The van der Waals surface area contributed by atoms with E-state index in [1.165, 1.54) is 6.92 Å². The summed E-state index contributed by atoms with van der Waals surface area (Å²) in [5, 5.41) is 17.6. The van der Waals surface area contributed by atoms with Crippen LogP contribution in [-0.4, -0.2) is 37.1 Å². The van der Waals surface area contributed by atoms with E-state index in [1.54, 1.807) is 6.92 Å². The van der Waals surface area contributed by atoms with E-state index in [2.05, 4.69) is 50.1 Å². The number of H-pyrrole nitrogens is 2. The van der Waals surface area contributed by atoms with E-state index < -0.39 is 5.97 Å². The Labute approximate surface area is 117 Å². The normalized spacial score (nSPS) is 10.1. The quantitative estimate of drug-likeness (QED) is 0.276. The molecule has 1 aromatic heterocycles. The van der Waals surface area contributed by atoms with Gasteiger partial charge in [-0.3, -0.25) is 20.3 Å². The van der Waals surface area contributed by atoms with Crippen LogP contribution in [0.1, 0.15) is 12.6 Å². The van der Waals surface area contributed by atoms with Crippen LogP contribution in [0.4, 0.5) is 0 Å². The lowest BCUT2D eigenvalue weighted by molar-refractivity contribution is -0.129. The van der Waals surface area contributed by atoms with Gasteiger partial charge in [0.25, 0.3) is 5.56 Å². The maximum atomic E-state index is 10.6. The standard InChI is InChI=1S/C4H7N3O2S.C4H5N3OS/c1-2(3(8)9)6-7-4(5)10;1-2-3(8)5-4(9)7-6-2/h1H3,(H,8,9)(H3,5,7,10);1H3,(H2,5,7,8,9)/b6-2-;. The molecule has 0 saturated carbocycles. The first-order chi connectivity index (χ1) is 8.73. The van der Waals surface area contributed by atoms with Gasteiger partial charge in [-0.15, -0.1) is 0 Å². The molecular formula is C8H12N6O3S2. The number of hydrazone groups is 1. The number of hydrogen-bond acceptors (Lipinski definition) is 6. The zero-order valence-corrected chi connectivity index (χ0v) is 11.7. The van der Waals surface area contributed by atoms with Crippen molar-refractivity contribution in [1.29, 1.82) is 0 Å². The van der Waals surface area contributed by atoms with Gasteiger partial charge in [0.05, 0.1) is 0 Å². The second kappa shape index (κ2) is 8.05. The molecule has 0 radical (unpaired) electrons. The van der Waals surface area contributed by atoms with E-state index in [1.807, 2.05) is 0 Å². The fourth-order valence-corrected chi connectivity index (χ4v) is 0.778. The Kier molecular flexibility index (Phi) is 7.14. The fraction of sp³-hybridized carbons (Fsp3) is 0.250. The molecule has 0 aliphatic rings. The molecule has 0 unspecified atom stereocenters. The van der Waals surface area contributed by atoms with E-state index in [-0.39, 0.29) is 21.2 Å². The number of carbonyl (C=O) groups is 1. The van der Waals surface area contributed by atoms with E-state index in [4.69, 9.17) is 10.8 Å². The summed E-state index contributed by atoms with van der Waals surface area (Å²) in [5.74, 6) is -1.11. The molecule has 11 heteroatoms. The average molecular weight is 304 g/mol. The van der Waals surface area contributed by atoms with Crippen molar-refractivity contribution in [3.05, 3.63) is 20.8 Å². The number of carboxylic acids is 1. The maximum absolute atomic E-state index is 10.6. The van der Waals surface area contributed by atoms with Crippen LogP contribution in [0.2, 0.25) is 0 Å². The molecule has 0 saturated heterocycles. The molecule has 1 rings (SSSR count). The van der Waals surface area contributed by atoms with Crippen molar-refractivity contribution in [3.8, 4) is 0 Å². The van der Waals surface area contributed by atoms with Gasteiger partial charge in [-0.05, 0) is 38.3 Å².